The van der Waals surface area contributed by atoms with Crippen LogP contribution in [0.25, 0.3) is 0 Å². The van der Waals surface area contributed by atoms with Crippen molar-refractivity contribution in [1.29, 1.82) is 0 Å². The van der Waals surface area contributed by atoms with E-state index in [1.165, 1.54) is 29.0 Å². The molecular weight excluding hydrogens is 326 g/mol. The molecule has 20 heavy (non-hydrogen) atoms. The second-order valence-corrected chi connectivity index (χ2v) is 8.87. The van der Waals surface area contributed by atoms with Gasteiger partial charge in [-0.05, 0) is 42.7 Å². The topological polar surface area (TPSA) is 12.0 Å². The molecule has 5 heteroatoms. The summed E-state index contributed by atoms with van der Waals surface area (Å²) in [6.45, 7) is 0. The predicted molar refractivity (Wildman–Crippen MR) is 93.6 cm³/mol. The number of rotatable bonds is 5. The minimum atomic E-state index is 0.297. The van der Waals surface area contributed by atoms with Gasteiger partial charge in [0.15, 0.2) is 0 Å². The number of halogens is 1. The Bertz CT molecular complexity index is 537. The van der Waals surface area contributed by atoms with Gasteiger partial charge in [-0.2, -0.15) is 11.8 Å². The zero-order chi connectivity index (χ0) is 13.9. The van der Waals surface area contributed by atoms with Gasteiger partial charge in [-0.1, -0.05) is 24.1 Å². The summed E-state index contributed by atoms with van der Waals surface area (Å²) >= 11 is 11.6. The molecule has 1 N–H and O–H groups in total. The van der Waals surface area contributed by atoms with Gasteiger partial charge in [-0.25, -0.2) is 0 Å². The summed E-state index contributed by atoms with van der Waals surface area (Å²) in [6, 6.07) is 9.42. The molecule has 1 aliphatic rings. The molecule has 1 nitrogen and oxygen atoms in total. The molecule has 1 saturated carbocycles. The summed E-state index contributed by atoms with van der Waals surface area (Å²) < 4.78 is 0.871. The maximum Gasteiger partial charge on any atom is 0.0931 e. The molecule has 3 unspecified atom stereocenters. The fourth-order valence-electron chi connectivity index (χ4n) is 2.86. The van der Waals surface area contributed by atoms with Crippen LogP contribution in [0.1, 0.15) is 35.1 Å². The van der Waals surface area contributed by atoms with E-state index in [-0.39, 0.29) is 0 Å². The molecule has 3 rings (SSSR count). The smallest absolute Gasteiger partial charge is 0.0931 e. The Morgan fingerprint density at radius 2 is 2.20 bits per heavy atom. The van der Waals surface area contributed by atoms with Crippen LogP contribution < -0.4 is 5.32 Å². The molecule has 0 aromatic carbocycles. The van der Waals surface area contributed by atoms with Crippen LogP contribution in [0.4, 0.5) is 0 Å². The first-order valence-electron chi connectivity index (χ1n) is 6.85. The Labute approximate surface area is 137 Å². The zero-order valence-corrected chi connectivity index (χ0v) is 14.5. The average molecular weight is 344 g/mol. The van der Waals surface area contributed by atoms with E-state index < -0.39 is 0 Å². The second kappa shape index (κ2) is 6.84. The van der Waals surface area contributed by atoms with Gasteiger partial charge in [0, 0.05) is 21.0 Å². The molecule has 1 aliphatic carbocycles. The van der Waals surface area contributed by atoms with E-state index in [9.17, 15) is 0 Å². The minimum Gasteiger partial charge on any atom is -0.301 e. The van der Waals surface area contributed by atoms with Gasteiger partial charge in [0.25, 0.3) is 0 Å². The lowest BCUT2D eigenvalue weighted by atomic mass is 10.1. The van der Waals surface area contributed by atoms with Crippen LogP contribution in [0.2, 0.25) is 4.34 Å². The van der Waals surface area contributed by atoms with Crippen molar-refractivity contribution in [3.8, 4) is 0 Å². The highest BCUT2D eigenvalue weighted by atomic mass is 35.5. The quantitative estimate of drug-likeness (QED) is 0.777. The molecule has 0 saturated heterocycles. The molecule has 0 spiro atoms. The zero-order valence-electron chi connectivity index (χ0n) is 11.3. The third-order valence-electron chi connectivity index (χ3n) is 3.84. The number of hydrogen-bond donors (Lipinski definition) is 1. The van der Waals surface area contributed by atoms with Crippen LogP contribution in [0.3, 0.4) is 0 Å². The predicted octanol–water partition coefficient (Wildman–Crippen LogP) is 5.43. The lowest BCUT2D eigenvalue weighted by Gasteiger charge is -2.25. The maximum atomic E-state index is 6.13. The first kappa shape index (κ1) is 14.9. The van der Waals surface area contributed by atoms with Crippen molar-refractivity contribution in [3.63, 3.8) is 0 Å². The van der Waals surface area contributed by atoms with Crippen LogP contribution in [-0.4, -0.2) is 17.5 Å². The first-order chi connectivity index (χ1) is 9.78. The summed E-state index contributed by atoms with van der Waals surface area (Å²) in [5.41, 5.74) is 0. The number of thioether (sulfide) groups is 1. The molecule has 108 valence electrons. The summed E-state index contributed by atoms with van der Waals surface area (Å²) in [4.78, 5) is 2.71. The molecule has 0 amide bonds. The van der Waals surface area contributed by atoms with Crippen molar-refractivity contribution in [2.24, 2.45) is 0 Å². The fraction of sp³-hybridized carbons (Fsp3) is 0.467. The molecule has 3 atom stereocenters. The van der Waals surface area contributed by atoms with E-state index in [2.05, 4.69) is 35.2 Å². The van der Waals surface area contributed by atoms with Gasteiger partial charge in [-0.3, -0.25) is 0 Å². The third-order valence-corrected chi connectivity index (χ3v) is 7.25. The van der Waals surface area contributed by atoms with Gasteiger partial charge < -0.3 is 5.32 Å². The third kappa shape index (κ3) is 3.25. The number of thiophene rings is 2. The molecule has 0 radical (unpaired) electrons. The summed E-state index contributed by atoms with van der Waals surface area (Å²) in [5.74, 6) is 0. The van der Waals surface area contributed by atoms with Gasteiger partial charge in [-0.15, -0.1) is 22.7 Å². The van der Waals surface area contributed by atoms with Crippen LogP contribution in [0, 0.1) is 0 Å². The van der Waals surface area contributed by atoms with Crippen molar-refractivity contribution < 1.29 is 0 Å². The molecule has 0 bridgehead atoms. The van der Waals surface area contributed by atoms with Crippen molar-refractivity contribution in [2.45, 2.75) is 36.6 Å². The van der Waals surface area contributed by atoms with E-state index in [1.54, 1.807) is 11.3 Å². The standard InChI is InChI=1S/C15H18ClNS3/c1-18-11-5-2-4-10(11)17-15(12-6-3-9-19-12)13-7-8-14(16)20-13/h3,6-11,15,17H,2,4-5H2,1H3. The largest absolute Gasteiger partial charge is 0.301 e. The Hall–Kier alpha value is -0.0000000000000000278. The minimum absolute atomic E-state index is 0.297. The summed E-state index contributed by atoms with van der Waals surface area (Å²) in [7, 11) is 0. The lowest BCUT2D eigenvalue weighted by Crippen LogP contribution is -2.36. The molecule has 0 aliphatic heterocycles. The van der Waals surface area contributed by atoms with Crippen molar-refractivity contribution >= 4 is 46.0 Å². The molecule has 2 heterocycles. The van der Waals surface area contributed by atoms with Crippen molar-refractivity contribution in [3.05, 3.63) is 43.7 Å². The summed E-state index contributed by atoms with van der Waals surface area (Å²) in [6.07, 6.45) is 6.19. The monoisotopic (exact) mass is 343 g/mol. The molecule has 2 aromatic rings. The second-order valence-electron chi connectivity index (χ2n) is 5.07. The number of nitrogens with one attached hydrogen (secondary N) is 1. The highest BCUT2D eigenvalue weighted by molar-refractivity contribution is 7.99. The summed E-state index contributed by atoms with van der Waals surface area (Å²) in [5, 5.41) is 6.79. The van der Waals surface area contributed by atoms with Gasteiger partial charge in [0.1, 0.15) is 0 Å². The van der Waals surface area contributed by atoms with Gasteiger partial charge in [0.2, 0.25) is 0 Å². The Balaban J connectivity index is 1.83. The number of hydrogen-bond acceptors (Lipinski definition) is 4. The highest BCUT2D eigenvalue weighted by Crippen LogP contribution is 2.36. The van der Waals surface area contributed by atoms with Crippen LogP contribution in [-0.2, 0) is 0 Å². The fourth-order valence-corrected chi connectivity index (χ4v) is 5.82. The molecular formula is C15H18ClNS3. The van der Waals surface area contributed by atoms with E-state index in [0.29, 0.717) is 12.1 Å². The average Bonchev–Trinajstić information content (AvgIpc) is 3.17. The highest BCUT2D eigenvalue weighted by Gasteiger charge is 2.30. The maximum absolute atomic E-state index is 6.13. The van der Waals surface area contributed by atoms with Crippen LogP contribution in [0.5, 0.6) is 0 Å². The van der Waals surface area contributed by atoms with E-state index in [4.69, 9.17) is 11.6 Å². The van der Waals surface area contributed by atoms with Crippen molar-refractivity contribution in [2.75, 3.05) is 6.26 Å². The molecule has 2 aromatic heterocycles. The SMILES string of the molecule is CSC1CCCC1NC(c1cccs1)c1ccc(Cl)s1. The van der Waals surface area contributed by atoms with Gasteiger partial charge >= 0.3 is 0 Å². The van der Waals surface area contributed by atoms with Crippen LogP contribution >= 0.6 is 46.0 Å². The lowest BCUT2D eigenvalue weighted by molar-refractivity contribution is 0.494. The van der Waals surface area contributed by atoms with Crippen molar-refractivity contribution in [1.82, 2.24) is 5.32 Å². The van der Waals surface area contributed by atoms with Gasteiger partial charge in [0.05, 0.1) is 10.4 Å². The van der Waals surface area contributed by atoms with E-state index >= 15 is 0 Å². The van der Waals surface area contributed by atoms with E-state index in [0.717, 1.165) is 9.59 Å². The first-order valence-corrected chi connectivity index (χ1v) is 10.2. The Morgan fingerprint density at radius 3 is 2.85 bits per heavy atom. The van der Waals surface area contributed by atoms with Crippen LogP contribution in [0.15, 0.2) is 29.6 Å². The normalized spacial score (nSPS) is 24.1. The van der Waals surface area contributed by atoms with E-state index in [1.807, 2.05) is 29.2 Å². The Kier molecular flexibility index (Phi) is 5.10. The Morgan fingerprint density at radius 1 is 1.30 bits per heavy atom. The molecule has 1 fully saturated rings.